The molecule has 4 heteroatoms. The van der Waals surface area contributed by atoms with Gasteiger partial charge in [-0.05, 0) is 34.7 Å². The van der Waals surface area contributed by atoms with Crippen LogP contribution >= 0.6 is 0 Å². The second-order valence-electron chi connectivity index (χ2n) is 4.24. The Bertz CT molecular complexity index is 180. The fourth-order valence-electron chi connectivity index (χ4n) is 0.636. The largest absolute Gasteiger partial charge is 0.459 e. The SMILES string of the molecule is CNC(C)(CO)C(=O)OC(C)(C)C. The lowest BCUT2D eigenvalue weighted by molar-refractivity contribution is -0.164. The molecule has 4 nitrogen and oxygen atoms in total. The molecule has 0 aliphatic heterocycles. The lowest BCUT2D eigenvalue weighted by atomic mass is 10.0. The molecule has 0 saturated carbocycles. The van der Waals surface area contributed by atoms with Crippen LogP contribution in [-0.4, -0.2) is 35.9 Å². The van der Waals surface area contributed by atoms with Crippen LogP contribution in [0.1, 0.15) is 27.7 Å². The van der Waals surface area contributed by atoms with E-state index in [-0.39, 0.29) is 6.61 Å². The zero-order chi connectivity index (χ0) is 10.7. The highest BCUT2D eigenvalue weighted by Gasteiger charge is 2.34. The summed E-state index contributed by atoms with van der Waals surface area (Å²) >= 11 is 0. The van der Waals surface area contributed by atoms with Gasteiger partial charge in [0, 0.05) is 0 Å². The minimum atomic E-state index is -1.01. The first-order chi connectivity index (χ1) is 5.75. The van der Waals surface area contributed by atoms with E-state index in [0.29, 0.717) is 0 Å². The van der Waals surface area contributed by atoms with Crippen molar-refractivity contribution < 1.29 is 14.6 Å². The molecular formula is C9H19NO3. The Balaban J connectivity index is 4.41. The quantitative estimate of drug-likeness (QED) is 0.627. The number of nitrogens with one attached hydrogen (secondary N) is 1. The third kappa shape index (κ3) is 3.74. The molecular weight excluding hydrogens is 170 g/mol. The normalized spacial score (nSPS) is 16.5. The number of carbonyl (C=O) groups is 1. The van der Waals surface area contributed by atoms with Gasteiger partial charge in [0.05, 0.1) is 6.61 Å². The smallest absolute Gasteiger partial charge is 0.328 e. The third-order valence-electron chi connectivity index (χ3n) is 1.72. The van der Waals surface area contributed by atoms with Crippen molar-refractivity contribution in [3.63, 3.8) is 0 Å². The van der Waals surface area contributed by atoms with E-state index in [2.05, 4.69) is 5.32 Å². The number of rotatable bonds is 3. The summed E-state index contributed by atoms with van der Waals surface area (Å²) in [6.07, 6.45) is 0. The maximum atomic E-state index is 11.5. The number of hydrogen-bond acceptors (Lipinski definition) is 4. The zero-order valence-corrected chi connectivity index (χ0v) is 8.97. The van der Waals surface area contributed by atoms with E-state index in [1.54, 1.807) is 34.7 Å². The molecule has 0 heterocycles. The van der Waals surface area contributed by atoms with Gasteiger partial charge in [-0.2, -0.15) is 0 Å². The Morgan fingerprint density at radius 3 is 2.08 bits per heavy atom. The number of likely N-dealkylation sites (N-methyl/N-ethyl adjacent to an activating group) is 1. The van der Waals surface area contributed by atoms with Crippen molar-refractivity contribution in [2.45, 2.75) is 38.8 Å². The summed E-state index contributed by atoms with van der Waals surface area (Å²) in [6.45, 7) is 6.69. The van der Waals surface area contributed by atoms with Crippen LogP contribution in [0.2, 0.25) is 0 Å². The van der Waals surface area contributed by atoms with Gasteiger partial charge in [0.15, 0.2) is 0 Å². The maximum Gasteiger partial charge on any atom is 0.328 e. The number of ether oxygens (including phenoxy) is 1. The summed E-state index contributed by atoms with van der Waals surface area (Å²) in [4.78, 5) is 11.5. The topological polar surface area (TPSA) is 58.6 Å². The fraction of sp³-hybridized carbons (Fsp3) is 0.889. The Morgan fingerprint density at radius 2 is 1.85 bits per heavy atom. The molecule has 1 atom stereocenters. The Labute approximate surface area is 79.3 Å². The first kappa shape index (κ1) is 12.4. The second-order valence-corrected chi connectivity index (χ2v) is 4.24. The van der Waals surface area contributed by atoms with Gasteiger partial charge in [-0.1, -0.05) is 0 Å². The molecule has 0 rings (SSSR count). The van der Waals surface area contributed by atoms with Gasteiger partial charge < -0.3 is 15.2 Å². The molecule has 0 fully saturated rings. The van der Waals surface area contributed by atoms with E-state index in [9.17, 15) is 4.79 Å². The van der Waals surface area contributed by atoms with Gasteiger partial charge in [0.25, 0.3) is 0 Å². The summed E-state index contributed by atoms with van der Waals surface area (Å²) in [5.74, 6) is -0.440. The van der Waals surface area contributed by atoms with Crippen molar-refractivity contribution in [3.8, 4) is 0 Å². The Kier molecular flexibility index (Phi) is 3.88. The van der Waals surface area contributed by atoms with Gasteiger partial charge >= 0.3 is 5.97 Å². The standard InChI is InChI=1S/C9H19NO3/c1-8(2,3)13-7(12)9(4,6-11)10-5/h10-11H,6H2,1-5H3. The molecule has 0 radical (unpaired) electrons. The molecule has 0 spiro atoms. The minimum Gasteiger partial charge on any atom is -0.459 e. The summed E-state index contributed by atoms with van der Waals surface area (Å²) in [5, 5.41) is 11.7. The van der Waals surface area contributed by atoms with Crippen LogP contribution in [0.4, 0.5) is 0 Å². The van der Waals surface area contributed by atoms with Crippen LogP contribution in [0, 0.1) is 0 Å². The average Bonchev–Trinajstić information content (AvgIpc) is 2.00. The highest BCUT2D eigenvalue weighted by molar-refractivity contribution is 5.80. The molecule has 0 aliphatic rings. The Hall–Kier alpha value is -0.610. The van der Waals surface area contributed by atoms with E-state index < -0.39 is 17.1 Å². The molecule has 13 heavy (non-hydrogen) atoms. The molecule has 0 aromatic heterocycles. The van der Waals surface area contributed by atoms with Crippen molar-refractivity contribution in [2.75, 3.05) is 13.7 Å². The van der Waals surface area contributed by atoms with Crippen LogP contribution in [0.3, 0.4) is 0 Å². The van der Waals surface area contributed by atoms with Crippen LogP contribution in [-0.2, 0) is 9.53 Å². The van der Waals surface area contributed by atoms with Gasteiger partial charge in [0.1, 0.15) is 11.1 Å². The van der Waals surface area contributed by atoms with E-state index >= 15 is 0 Å². The van der Waals surface area contributed by atoms with Gasteiger partial charge in [-0.15, -0.1) is 0 Å². The van der Waals surface area contributed by atoms with E-state index in [0.717, 1.165) is 0 Å². The van der Waals surface area contributed by atoms with Gasteiger partial charge in [0.2, 0.25) is 0 Å². The molecule has 0 amide bonds. The predicted octanol–water partition coefficient (Wildman–Crippen LogP) is 0.298. The number of aliphatic hydroxyl groups is 1. The van der Waals surface area contributed by atoms with Crippen molar-refractivity contribution in [1.29, 1.82) is 0 Å². The van der Waals surface area contributed by atoms with E-state index in [1.807, 2.05) is 0 Å². The molecule has 0 aliphatic carbocycles. The number of esters is 1. The van der Waals surface area contributed by atoms with Crippen molar-refractivity contribution in [2.24, 2.45) is 0 Å². The number of carbonyl (C=O) groups excluding carboxylic acids is 1. The molecule has 1 unspecified atom stereocenters. The van der Waals surface area contributed by atoms with Crippen LogP contribution in [0.15, 0.2) is 0 Å². The summed E-state index contributed by atoms with van der Waals surface area (Å²) in [6, 6.07) is 0. The lowest BCUT2D eigenvalue weighted by Gasteiger charge is -2.29. The Morgan fingerprint density at radius 1 is 1.38 bits per heavy atom. The highest BCUT2D eigenvalue weighted by Crippen LogP contribution is 2.13. The van der Waals surface area contributed by atoms with Gasteiger partial charge in [-0.3, -0.25) is 0 Å². The van der Waals surface area contributed by atoms with Crippen molar-refractivity contribution >= 4 is 5.97 Å². The average molecular weight is 189 g/mol. The van der Waals surface area contributed by atoms with Crippen molar-refractivity contribution in [1.82, 2.24) is 5.32 Å². The van der Waals surface area contributed by atoms with Gasteiger partial charge in [-0.25, -0.2) is 4.79 Å². The number of hydrogen-bond donors (Lipinski definition) is 2. The molecule has 0 saturated heterocycles. The molecule has 0 aromatic carbocycles. The van der Waals surface area contributed by atoms with Crippen LogP contribution in [0.25, 0.3) is 0 Å². The predicted molar refractivity (Wildman–Crippen MR) is 50.4 cm³/mol. The summed E-state index contributed by atoms with van der Waals surface area (Å²) in [5.41, 5.74) is -1.53. The fourth-order valence-corrected chi connectivity index (χ4v) is 0.636. The van der Waals surface area contributed by atoms with E-state index in [4.69, 9.17) is 9.84 Å². The minimum absolute atomic E-state index is 0.279. The third-order valence-corrected chi connectivity index (χ3v) is 1.72. The van der Waals surface area contributed by atoms with Crippen LogP contribution in [0.5, 0.6) is 0 Å². The van der Waals surface area contributed by atoms with Crippen LogP contribution < -0.4 is 5.32 Å². The highest BCUT2D eigenvalue weighted by atomic mass is 16.6. The molecule has 78 valence electrons. The number of aliphatic hydroxyl groups excluding tert-OH is 1. The summed E-state index contributed by atoms with van der Waals surface area (Å²) < 4.78 is 5.12. The molecule has 2 N–H and O–H groups in total. The first-order valence-corrected chi connectivity index (χ1v) is 4.28. The van der Waals surface area contributed by atoms with E-state index in [1.165, 1.54) is 0 Å². The second kappa shape index (κ2) is 4.07. The molecule has 0 bridgehead atoms. The summed E-state index contributed by atoms with van der Waals surface area (Å²) in [7, 11) is 1.61. The molecule has 0 aromatic rings. The lowest BCUT2D eigenvalue weighted by Crippen LogP contribution is -2.53. The van der Waals surface area contributed by atoms with Crippen molar-refractivity contribution in [3.05, 3.63) is 0 Å². The monoisotopic (exact) mass is 189 g/mol. The zero-order valence-electron chi connectivity index (χ0n) is 8.97. The maximum absolute atomic E-state index is 11.5. The first-order valence-electron chi connectivity index (χ1n) is 4.28.